The molecule has 1 aliphatic carbocycles. The van der Waals surface area contributed by atoms with Crippen LogP contribution in [0.4, 0.5) is 0 Å². The highest BCUT2D eigenvalue weighted by Gasteiger charge is 2.10. The minimum atomic E-state index is -0.670. The van der Waals surface area contributed by atoms with E-state index < -0.39 is 5.97 Å². The van der Waals surface area contributed by atoms with E-state index in [1.165, 1.54) is 38.5 Å². The predicted molar refractivity (Wildman–Crippen MR) is 65.6 cm³/mol. The molecule has 3 nitrogen and oxygen atoms in total. The van der Waals surface area contributed by atoms with Gasteiger partial charge in [-0.3, -0.25) is 4.79 Å². The third kappa shape index (κ3) is 6.83. The van der Waals surface area contributed by atoms with Crippen molar-refractivity contribution in [1.82, 2.24) is 5.32 Å². The molecule has 1 aliphatic rings. The monoisotopic (exact) mass is 227 g/mol. The van der Waals surface area contributed by atoms with Gasteiger partial charge in [0.1, 0.15) is 0 Å². The summed E-state index contributed by atoms with van der Waals surface area (Å²) in [5.74, 6) is -0.670. The molecule has 0 aromatic carbocycles. The fraction of sp³-hybridized carbons (Fsp3) is 0.923. The molecule has 0 unspecified atom stereocenters. The number of aliphatic carboxylic acids is 1. The summed E-state index contributed by atoms with van der Waals surface area (Å²) in [6.45, 7) is 1.06. The van der Waals surface area contributed by atoms with Crippen molar-refractivity contribution in [3.63, 3.8) is 0 Å². The Morgan fingerprint density at radius 1 is 1.06 bits per heavy atom. The lowest BCUT2D eigenvalue weighted by Crippen LogP contribution is -2.29. The zero-order valence-corrected chi connectivity index (χ0v) is 10.2. The minimum Gasteiger partial charge on any atom is -0.481 e. The number of hydrogen-bond acceptors (Lipinski definition) is 2. The number of carboxylic acids is 1. The molecule has 1 fully saturated rings. The molecule has 0 heterocycles. The third-order valence-electron chi connectivity index (χ3n) is 3.36. The average Bonchev–Trinajstić information content (AvgIpc) is 2.51. The highest BCUT2D eigenvalue weighted by Crippen LogP contribution is 2.17. The van der Waals surface area contributed by atoms with Crippen LogP contribution in [0, 0.1) is 0 Å². The lowest BCUT2D eigenvalue weighted by atomic mass is 10.1. The van der Waals surface area contributed by atoms with E-state index in [1.54, 1.807) is 0 Å². The number of carboxylic acid groups (broad SMARTS) is 1. The van der Waals surface area contributed by atoms with E-state index in [9.17, 15) is 4.79 Å². The Morgan fingerprint density at radius 2 is 1.75 bits per heavy atom. The highest BCUT2D eigenvalue weighted by atomic mass is 16.4. The predicted octanol–water partition coefficient (Wildman–Crippen LogP) is 2.94. The van der Waals surface area contributed by atoms with E-state index in [4.69, 9.17) is 5.11 Å². The molecule has 94 valence electrons. The van der Waals surface area contributed by atoms with Crippen LogP contribution < -0.4 is 5.32 Å². The molecule has 0 saturated heterocycles. The van der Waals surface area contributed by atoms with Crippen molar-refractivity contribution >= 4 is 5.97 Å². The van der Waals surface area contributed by atoms with Crippen LogP contribution in [0.15, 0.2) is 0 Å². The molecule has 0 atom stereocenters. The normalized spacial score (nSPS) is 18.2. The van der Waals surface area contributed by atoms with E-state index in [0.717, 1.165) is 31.8 Å². The van der Waals surface area contributed by atoms with E-state index in [1.807, 2.05) is 0 Å². The first kappa shape index (κ1) is 13.5. The Balaban J connectivity index is 1.91. The van der Waals surface area contributed by atoms with Gasteiger partial charge in [-0.1, -0.05) is 32.1 Å². The van der Waals surface area contributed by atoms with Crippen LogP contribution in [-0.2, 0) is 4.79 Å². The van der Waals surface area contributed by atoms with Crippen LogP contribution in [0.25, 0.3) is 0 Å². The van der Waals surface area contributed by atoms with Crippen molar-refractivity contribution in [1.29, 1.82) is 0 Å². The van der Waals surface area contributed by atoms with Crippen molar-refractivity contribution in [2.45, 2.75) is 70.3 Å². The number of carbonyl (C=O) groups is 1. The number of hydrogen-bond donors (Lipinski definition) is 2. The van der Waals surface area contributed by atoms with Gasteiger partial charge in [-0.25, -0.2) is 0 Å². The fourth-order valence-corrected chi connectivity index (χ4v) is 2.37. The summed E-state index contributed by atoms with van der Waals surface area (Å²) in [5, 5.41) is 12.1. The molecule has 16 heavy (non-hydrogen) atoms. The van der Waals surface area contributed by atoms with Gasteiger partial charge in [-0.05, 0) is 32.2 Å². The van der Waals surface area contributed by atoms with Gasteiger partial charge < -0.3 is 10.4 Å². The Morgan fingerprint density at radius 3 is 2.38 bits per heavy atom. The summed E-state index contributed by atoms with van der Waals surface area (Å²) >= 11 is 0. The summed E-state index contributed by atoms with van der Waals surface area (Å²) in [5.41, 5.74) is 0. The van der Waals surface area contributed by atoms with E-state index in [-0.39, 0.29) is 0 Å². The van der Waals surface area contributed by atoms with E-state index >= 15 is 0 Å². The molecular weight excluding hydrogens is 202 g/mol. The highest BCUT2D eigenvalue weighted by molar-refractivity contribution is 5.66. The topological polar surface area (TPSA) is 49.3 Å². The Kier molecular flexibility index (Phi) is 7.23. The van der Waals surface area contributed by atoms with Crippen LogP contribution in [0.5, 0.6) is 0 Å². The van der Waals surface area contributed by atoms with Gasteiger partial charge in [0.2, 0.25) is 0 Å². The van der Waals surface area contributed by atoms with Crippen molar-refractivity contribution in [3.05, 3.63) is 0 Å². The first-order valence-corrected chi connectivity index (χ1v) is 6.74. The minimum absolute atomic E-state index is 0.323. The van der Waals surface area contributed by atoms with Gasteiger partial charge in [0.15, 0.2) is 0 Å². The Hall–Kier alpha value is -0.570. The van der Waals surface area contributed by atoms with Gasteiger partial charge >= 0.3 is 5.97 Å². The standard InChI is InChI=1S/C13H25NO2/c15-13(16)10-6-3-7-11-14-12-8-4-1-2-5-9-12/h12,14H,1-11H2,(H,15,16). The molecular formula is C13H25NO2. The molecule has 0 aromatic rings. The van der Waals surface area contributed by atoms with Crippen molar-refractivity contribution in [2.24, 2.45) is 0 Å². The first-order chi connectivity index (χ1) is 7.79. The first-order valence-electron chi connectivity index (χ1n) is 6.74. The van der Waals surface area contributed by atoms with Crippen LogP contribution in [0.1, 0.15) is 64.2 Å². The third-order valence-corrected chi connectivity index (χ3v) is 3.36. The van der Waals surface area contributed by atoms with Gasteiger partial charge in [-0.15, -0.1) is 0 Å². The average molecular weight is 227 g/mol. The summed E-state index contributed by atoms with van der Waals surface area (Å²) in [6, 6.07) is 0.724. The zero-order valence-electron chi connectivity index (χ0n) is 10.2. The quantitative estimate of drug-likeness (QED) is 0.519. The SMILES string of the molecule is O=C(O)CCCCCNC1CCCCCC1. The van der Waals surface area contributed by atoms with Crippen molar-refractivity contribution < 1.29 is 9.90 Å². The molecule has 0 bridgehead atoms. The van der Waals surface area contributed by atoms with Crippen molar-refractivity contribution in [2.75, 3.05) is 6.54 Å². The smallest absolute Gasteiger partial charge is 0.303 e. The maximum atomic E-state index is 10.3. The van der Waals surface area contributed by atoms with Crippen LogP contribution in [0.3, 0.4) is 0 Å². The Bertz CT molecular complexity index is 186. The number of nitrogens with one attached hydrogen (secondary N) is 1. The van der Waals surface area contributed by atoms with E-state index in [0.29, 0.717) is 6.42 Å². The van der Waals surface area contributed by atoms with Crippen LogP contribution >= 0.6 is 0 Å². The summed E-state index contributed by atoms with van der Waals surface area (Å²) in [7, 11) is 0. The van der Waals surface area contributed by atoms with Gasteiger partial charge in [0.05, 0.1) is 0 Å². The lowest BCUT2D eigenvalue weighted by Gasteiger charge is -2.15. The second-order valence-corrected chi connectivity index (χ2v) is 4.85. The lowest BCUT2D eigenvalue weighted by molar-refractivity contribution is -0.137. The zero-order chi connectivity index (χ0) is 11.6. The van der Waals surface area contributed by atoms with Crippen LogP contribution in [0.2, 0.25) is 0 Å². The largest absolute Gasteiger partial charge is 0.481 e. The molecule has 1 saturated carbocycles. The summed E-state index contributed by atoms with van der Waals surface area (Å²) in [4.78, 5) is 10.3. The molecule has 0 amide bonds. The summed E-state index contributed by atoms with van der Waals surface area (Å²) in [6.07, 6.45) is 11.5. The van der Waals surface area contributed by atoms with Crippen LogP contribution in [-0.4, -0.2) is 23.7 Å². The molecule has 0 spiro atoms. The molecule has 0 aromatic heterocycles. The van der Waals surface area contributed by atoms with Gasteiger partial charge in [-0.2, -0.15) is 0 Å². The number of unbranched alkanes of at least 4 members (excludes halogenated alkanes) is 2. The molecule has 1 rings (SSSR count). The van der Waals surface area contributed by atoms with Gasteiger partial charge in [0.25, 0.3) is 0 Å². The maximum absolute atomic E-state index is 10.3. The molecule has 3 heteroatoms. The second-order valence-electron chi connectivity index (χ2n) is 4.85. The Labute approximate surface area is 98.6 Å². The second kappa shape index (κ2) is 8.57. The molecule has 0 aliphatic heterocycles. The van der Waals surface area contributed by atoms with Crippen molar-refractivity contribution in [3.8, 4) is 0 Å². The van der Waals surface area contributed by atoms with Gasteiger partial charge in [0, 0.05) is 12.5 Å². The van der Waals surface area contributed by atoms with E-state index in [2.05, 4.69) is 5.32 Å². The summed E-state index contributed by atoms with van der Waals surface area (Å²) < 4.78 is 0. The fourth-order valence-electron chi connectivity index (χ4n) is 2.37. The number of rotatable bonds is 7. The molecule has 2 N–H and O–H groups in total. The molecule has 0 radical (unpaired) electrons. The maximum Gasteiger partial charge on any atom is 0.303 e.